The molecule has 2 rings (SSSR count). The summed E-state index contributed by atoms with van der Waals surface area (Å²) in [4.78, 5) is 14.1. The van der Waals surface area contributed by atoms with Crippen LogP contribution in [-0.2, 0) is 23.4 Å². The standard InChI is InChI=1S/C15H25N3O3S/c1-3-4-7-18(14-6-9-22(20,21)12-14)15(19)16-10-13-5-8-17(2)11-13/h5,8,11,14H,3-4,6-7,9-10,12H2,1-2H3,(H,16,19)/t14-/m1/s1. The number of amides is 2. The van der Waals surface area contributed by atoms with Gasteiger partial charge in [-0.15, -0.1) is 0 Å². The molecule has 1 aromatic heterocycles. The molecule has 2 heterocycles. The molecule has 0 aliphatic carbocycles. The second kappa shape index (κ2) is 7.17. The van der Waals surface area contributed by atoms with Crippen LogP contribution in [0.4, 0.5) is 4.79 Å². The van der Waals surface area contributed by atoms with E-state index < -0.39 is 9.84 Å². The van der Waals surface area contributed by atoms with Gasteiger partial charge in [-0.3, -0.25) is 0 Å². The first-order chi connectivity index (χ1) is 10.4. The first-order valence-corrected chi connectivity index (χ1v) is 9.59. The van der Waals surface area contributed by atoms with Crippen molar-refractivity contribution in [3.05, 3.63) is 24.0 Å². The van der Waals surface area contributed by atoms with E-state index in [2.05, 4.69) is 12.2 Å². The molecule has 1 saturated heterocycles. The number of aryl methyl sites for hydroxylation is 1. The quantitative estimate of drug-likeness (QED) is 0.861. The highest BCUT2D eigenvalue weighted by molar-refractivity contribution is 7.91. The van der Waals surface area contributed by atoms with Gasteiger partial charge < -0.3 is 14.8 Å². The Morgan fingerprint density at radius 2 is 2.27 bits per heavy atom. The second-order valence-electron chi connectivity index (χ2n) is 5.95. The molecule has 0 aromatic carbocycles. The van der Waals surface area contributed by atoms with Crippen molar-refractivity contribution < 1.29 is 13.2 Å². The Morgan fingerprint density at radius 1 is 1.50 bits per heavy atom. The van der Waals surface area contributed by atoms with Gasteiger partial charge in [0, 0.05) is 38.6 Å². The van der Waals surface area contributed by atoms with Crippen LogP contribution in [0.2, 0.25) is 0 Å². The Hall–Kier alpha value is -1.50. The van der Waals surface area contributed by atoms with Gasteiger partial charge in [0.15, 0.2) is 9.84 Å². The van der Waals surface area contributed by atoms with Gasteiger partial charge >= 0.3 is 6.03 Å². The first kappa shape index (κ1) is 16.9. The van der Waals surface area contributed by atoms with Crippen molar-refractivity contribution in [3.63, 3.8) is 0 Å². The number of carbonyl (C=O) groups is 1. The number of rotatable bonds is 6. The van der Waals surface area contributed by atoms with Crippen LogP contribution in [0.1, 0.15) is 31.7 Å². The zero-order valence-electron chi connectivity index (χ0n) is 13.3. The van der Waals surface area contributed by atoms with Crippen molar-refractivity contribution in [2.75, 3.05) is 18.1 Å². The Bertz CT molecular complexity index is 609. The van der Waals surface area contributed by atoms with Gasteiger partial charge in [-0.25, -0.2) is 13.2 Å². The van der Waals surface area contributed by atoms with Crippen LogP contribution in [0.15, 0.2) is 18.5 Å². The van der Waals surface area contributed by atoms with Crippen molar-refractivity contribution >= 4 is 15.9 Å². The Labute approximate surface area is 132 Å². The normalized spacial score (nSPS) is 20.0. The number of hydrogen-bond acceptors (Lipinski definition) is 3. The van der Waals surface area contributed by atoms with Gasteiger partial charge in [-0.05, 0) is 24.5 Å². The Kier molecular flexibility index (Phi) is 5.50. The summed E-state index contributed by atoms with van der Waals surface area (Å²) in [5.41, 5.74) is 1.03. The minimum absolute atomic E-state index is 0.0927. The highest BCUT2D eigenvalue weighted by Crippen LogP contribution is 2.18. The molecule has 6 nitrogen and oxygen atoms in total. The molecular formula is C15H25N3O3S. The maximum Gasteiger partial charge on any atom is 0.317 e. The van der Waals surface area contributed by atoms with E-state index in [1.807, 2.05) is 30.1 Å². The molecule has 0 spiro atoms. The molecule has 1 aliphatic heterocycles. The SMILES string of the molecule is CCCCN(C(=O)NCc1ccn(C)c1)[C@@H]1CCS(=O)(=O)C1. The van der Waals surface area contributed by atoms with E-state index in [0.29, 0.717) is 19.5 Å². The van der Waals surface area contributed by atoms with Gasteiger partial charge in [0.05, 0.1) is 11.5 Å². The van der Waals surface area contributed by atoms with E-state index in [-0.39, 0.29) is 23.6 Å². The molecule has 124 valence electrons. The number of carbonyl (C=O) groups excluding carboxylic acids is 1. The predicted molar refractivity (Wildman–Crippen MR) is 86.3 cm³/mol. The summed E-state index contributed by atoms with van der Waals surface area (Å²) in [5.74, 6) is 0.279. The molecule has 1 aliphatic rings. The smallest absolute Gasteiger partial charge is 0.317 e. The molecule has 1 aromatic rings. The molecule has 0 unspecified atom stereocenters. The van der Waals surface area contributed by atoms with Crippen molar-refractivity contribution in [2.24, 2.45) is 7.05 Å². The fraction of sp³-hybridized carbons (Fsp3) is 0.667. The average Bonchev–Trinajstić information content (AvgIpc) is 3.03. The van der Waals surface area contributed by atoms with E-state index in [9.17, 15) is 13.2 Å². The van der Waals surface area contributed by atoms with Crippen LogP contribution >= 0.6 is 0 Å². The number of hydrogen-bond donors (Lipinski definition) is 1. The zero-order valence-corrected chi connectivity index (χ0v) is 14.1. The molecule has 2 amide bonds. The summed E-state index contributed by atoms with van der Waals surface area (Å²) < 4.78 is 25.3. The van der Waals surface area contributed by atoms with Crippen LogP contribution in [0, 0.1) is 0 Å². The third kappa shape index (κ3) is 4.50. The fourth-order valence-electron chi connectivity index (χ4n) is 2.74. The van der Waals surface area contributed by atoms with Crippen molar-refractivity contribution in [2.45, 2.75) is 38.8 Å². The maximum atomic E-state index is 12.4. The number of urea groups is 1. The molecule has 7 heteroatoms. The highest BCUT2D eigenvalue weighted by atomic mass is 32.2. The van der Waals surface area contributed by atoms with Crippen LogP contribution in [0.3, 0.4) is 0 Å². The Balaban J connectivity index is 1.96. The van der Waals surface area contributed by atoms with Crippen molar-refractivity contribution in [1.29, 1.82) is 0 Å². The number of sulfone groups is 1. The summed E-state index contributed by atoms with van der Waals surface area (Å²) in [6.45, 7) is 3.13. The lowest BCUT2D eigenvalue weighted by atomic mass is 10.2. The molecule has 0 radical (unpaired) electrons. The lowest BCUT2D eigenvalue weighted by Gasteiger charge is -2.28. The summed E-state index contributed by atoms with van der Waals surface area (Å²) in [7, 11) is -1.06. The second-order valence-corrected chi connectivity index (χ2v) is 8.18. The first-order valence-electron chi connectivity index (χ1n) is 7.77. The van der Waals surface area contributed by atoms with Crippen molar-refractivity contribution in [1.82, 2.24) is 14.8 Å². The minimum Gasteiger partial charge on any atom is -0.357 e. The van der Waals surface area contributed by atoms with Crippen LogP contribution in [0.25, 0.3) is 0 Å². The number of nitrogens with zero attached hydrogens (tertiary/aromatic N) is 2. The molecule has 1 atom stereocenters. The summed E-state index contributed by atoms with van der Waals surface area (Å²) in [6, 6.07) is 1.60. The summed E-state index contributed by atoms with van der Waals surface area (Å²) in [5, 5.41) is 2.90. The monoisotopic (exact) mass is 327 g/mol. The van der Waals surface area contributed by atoms with Gasteiger partial charge in [0.25, 0.3) is 0 Å². The predicted octanol–water partition coefficient (Wildman–Crippen LogP) is 1.52. The van der Waals surface area contributed by atoms with E-state index in [1.54, 1.807) is 4.90 Å². The number of unbranched alkanes of at least 4 members (excludes halogenated alkanes) is 1. The molecule has 0 saturated carbocycles. The molecule has 0 bridgehead atoms. The number of aromatic nitrogens is 1. The lowest BCUT2D eigenvalue weighted by molar-refractivity contribution is 0.178. The molecule has 1 N–H and O–H groups in total. The molecular weight excluding hydrogens is 302 g/mol. The van der Waals surface area contributed by atoms with E-state index in [4.69, 9.17) is 0 Å². The van der Waals surface area contributed by atoms with Gasteiger partial charge in [0.2, 0.25) is 0 Å². The van der Waals surface area contributed by atoms with E-state index in [0.717, 1.165) is 18.4 Å². The maximum absolute atomic E-state index is 12.4. The lowest BCUT2D eigenvalue weighted by Crippen LogP contribution is -2.47. The number of nitrogens with one attached hydrogen (secondary N) is 1. The third-order valence-electron chi connectivity index (χ3n) is 4.00. The largest absolute Gasteiger partial charge is 0.357 e. The van der Waals surface area contributed by atoms with Gasteiger partial charge in [0.1, 0.15) is 0 Å². The molecule has 1 fully saturated rings. The van der Waals surface area contributed by atoms with Crippen LogP contribution in [-0.4, -0.2) is 48.0 Å². The topological polar surface area (TPSA) is 71.4 Å². The Morgan fingerprint density at radius 3 is 2.82 bits per heavy atom. The summed E-state index contributed by atoms with van der Waals surface area (Å²) >= 11 is 0. The van der Waals surface area contributed by atoms with Crippen molar-refractivity contribution in [3.8, 4) is 0 Å². The third-order valence-corrected chi connectivity index (χ3v) is 5.75. The molecule has 22 heavy (non-hydrogen) atoms. The average molecular weight is 327 g/mol. The van der Waals surface area contributed by atoms with Gasteiger partial charge in [-0.1, -0.05) is 13.3 Å². The van der Waals surface area contributed by atoms with E-state index >= 15 is 0 Å². The minimum atomic E-state index is -2.99. The fourth-order valence-corrected chi connectivity index (χ4v) is 4.48. The summed E-state index contributed by atoms with van der Waals surface area (Å²) in [6.07, 6.45) is 6.29. The van der Waals surface area contributed by atoms with Crippen LogP contribution in [0.5, 0.6) is 0 Å². The zero-order chi connectivity index (χ0) is 16.2. The van der Waals surface area contributed by atoms with Crippen LogP contribution < -0.4 is 5.32 Å². The van der Waals surface area contributed by atoms with Gasteiger partial charge in [-0.2, -0.15) is 0 Å². The van der Waals surface area contributed by atoms with E-state index in [1.165, 1.54) is 0 Å². The highest BCUT2D eigenvalue weighted by Gasteiger charge is 2.34.